The Morgan fingerprint density at radius 3 is 2.33 bits per heavy atom. The van der Waals surface area contributed by atoms with Crippen molar-refractivity contribution in [2.24, 2.45) is 4.99 Å². The lowest BCUT2D eigenvalue weighted by Crippen LogP contribution is -2.36. The summed E-state index contributed by atoms with van der Waals surface area (Å²) in [7, 11) is 1.72. The first-order valence-corrected chi connectivity index (χ1v) is 10.1. The molecule has 0 aliphatic heterocycles. The number of carbonyl (C=O) groups is 1. The van der Waals surface area contributed by atoms with Gasteiger partial charge in [-0.05, 0) is 24.1 Å². The van der Waals surface area contributed by atoms with Gasteiger partial charge < -0.3 is 20.4 Å². The molecular formula is C22H34IN5O2. The minimum absolute atomic E-state index is 0. The highest BCUT2D eigenvalue weighted by molar-refractivity contribution is 14.0. The van der Waals surface area contributed by atoms with Crippen molar-refractivity contribution in [3.05, 3.63) is 53.2 Å². The summed E-state index contributed by atoms with van der Waals surface area (Å²) in [5.41, 5.74) is 1.67. The maximum absolute atomic E-state index is 12.1. The number of guanidine groups is 1. The zero-order chi connectivity index (χ0) is 21.3. The lowest BCUT2D eigenvalue weighted by molar-refractivity contribution is 0.0953. The number of amides is 1. The smallest absolute Gasteiger partial charge is 0.251 e. The first kappa shape index (κ1) is 25.9. The second-order valence-corrected chi connectivity index (χ2v) is 7.95. The number of nitrogens with zero attached hydrogens (tertiary/aromatic N) is 2. The number of halogens is 1. The van der Waals surface area contributed by atoms with Gasteiger partial charge in [0, 0.05) is 31.1 Å². The monoisotopic (exact) mass is 527 g/mol. The van der Waals surface area contributed by atoms with E-state index in [9.17, 15) is 4.79 Å². The maximum Gasteiger partial charge on any atom is 0.251 e. The van der Waals surface area contributed by atoms with E-state index >= 15 is 0 Å². The van der Waals surface area contributed by atoms with Gasteiger partial charge in [0.25, 0.3) is 5.91 Å². The van der Waals surface area contributed by atoms with Crippen LogP contribution in [0.1, 0.15) is 68.1 Å². The summed E-state index contributed by atoms with van der Waals surface area (Å²) in [4.78, 5) is 20.6. The Morgan fingerprint density at radius 2 is 1.77 bits per heavy atom. The van der Waals surface area contributed by atoms with Crippen LogP contribution in [0.5, 0.6) is 0 Å². The van der Waals surface area contributed by atoms with Crippen LogP contribution < -0.4 is 16.0 Å². The molecule has 2 rings (SSSR count). The highest BCUT2D eigenvalue weighted by Crippen LogP contribution is 2.22. The molecule has 0 saturated heterocycles. The molecule has 1 aromatic heterocycles. The van der Waals surface area contributed by atoms with Crippen molar-refractivity contribution < 1.29 is 9.21 Å². The van der Waals surface area contributed by atoms with Crippen LogP contribution in [0.25, 0.3) is 0 Å². The van der Waals surface area contributed by atoms with Crippen molar-refractivity contribution in [2.45, 2.75) is 59.0 Å². The number of hydrogen-bond acceptors (Lipinski definition) is 4. The number of nitrogens with one attached hydrogen (secondary N) is 3. The minimum Gasteiger partial charge on any atom is -0.443 e. The van der Waals surface area contributed by atoms with Crippen molar-refractivity contribution in [3.8, 4) is 0 Å². The number of hydrogen-bond donors (Lipinski definition) is 3. The number of aliphatic imine (C=N–C) groups is 1. The molecule has 0 spiro atoms. The maximum atomic E-state index is 12.1. The molecule has 7 nitrogen and oxygen atoms in total. The normalized spacial score (nSPS) is 11.6. The molecule has 2 aromatic rings. The van der Waals surface area contributed by atoms with Gasteiger partial charge in [0.15, 0.2) is 5.96 Å². The molecule has 1 heterocycles. The van der Waals surface area contributed by atoms with Gasteiger partial charge in [-0.3, -0.25) is 9.79 Å². The predicted octanol–water partition coefficient (Wildman–Crippen LogP) is 3.99. The molecule has 0 radical (unpaired) electrons. The van der Waals surface area contributed by atoms with Crippen LogP contribution in [-0.4, -0.2) is 30.4 Å². The molecule has 30 heavy (non-hydrogen) atoms. The predicted molar refractivity (Wildman–Crippen MR) is 131 cm³/mol. The van der Waals surface area contributed by atoms with Crippen molar-refractivity contribution in [3.63, 3.8) is 0 Å². The summed E-state index contributed by atoms with van der Waals surface area (Å²) in [5, 5.41) is 9.37. The summed E-state index contributed by atoms with van der Waals surface area (Å²) in [6.45, 7) is 10.1. The van der Waals surface area contributed by atoms with E-state index in [0.717, 1.165) is 24.2 Å². The van der Waals surface area contributed by atoms with Gasteiger partial charge >= 0.3 is 0 Å². The SMILES string of the molecule is CCCCNC(=O)c1ccc(CNC(=NC)NCc2ncc(C(C)(C)C)o2)cc1.I. The Bertz CT molecular complexity index is 810. The summed E-state index contributed by atoms with van der Waals surface area (Å²) < 4.78 is 5.78. The van der Waals surface area contributed by atoms with E-state index < -0.39 is 0 Å². The molecular weight excluding hydrogens is 493 g/mol. The second kappa shape index (κ2) is 12.6. The molecule has 0 bridgehead atoms. The van der Waals surface area contributed by atoms with Crippen molar-refractivity contribution >= 4 is 35.8 Å². The van der Waals surface area contributed by atoms with Crippen LogP contribution >= 0.6 is 24.0 Å². The summed E-state index contributed by atoms with van der Waals surface area (Å²) in [5.74, 6) is 2.10. The van der Waals surface area contributed by atoms with E-state index in [1.165, 1.54) is 0 Å². The molecule has 166 valence electrons. The van der Waals surface area contributed by atoms with E-state index in [0.29, 0.717) is 37.0 Å². The van der Waals surface area contributed by atoms with Gasteiger partial charge in [0.2, 0.25) is 5.89 Å². The summed E-state index contributed by atoms with van der Waals surface area (Å²) in [6.07, 6.45) is 3.83. The zero-order valence-electron chi connectivity index (χ0n) is 18.5. The van der Waals surface area contributed by atoms with E-state index in [1.807, 2.05) is 24.3 Å². The Kier molecular flexibility index (Phi) is 10.9. The summed E-state index contributed by atoms with van der Waals surface area (Å²) >= 11 is 0. The van der Waals surface area contributed by atoms with Crippen molar-refractivity contribution in [2.75, 3.05) is 13.6 Å². The third-order valence-electron chi connectivity index (χ3n) is 4.42. The van der Waals surface area contributed by atoms with Crippen molar-refractivity contribution in [1.29, 1.82) is 0 Å². The first-order chi connectivity index (χ1) is 13.8. The molecule has 3 N–H and O–H groups in total. The average Bonchev–Trinajstić information content (AvgIpc) is 3.18. The molecule has 0 aliphatic carbocycles. The molecule has 0 atom stereocenters. The molecule has 0 saturated carbocycles. The molecule has 0 fully saturated rings. The van der Waals surface area contributed by atoms with Crippen molar-refractivity contribution in [1.82, 2.24) is 20.9 Å². The average molecular weight is 527 g/mol. The van der Waals surface area contributed by atoms with Gasteiger partial charge in [0.1, 0.15) is 5.76 Å². The van der Waals surface area contributed by atoms with E-state index in [4.69, 9.17) is 4.42 Å². The lowest BCUT2D eigenvalue weighted by Gasteiger charge is -2.13. The van der Waals surface area contributed by atoms with E-state index in [-0.39, 0.29) is 35.3 Å². The Morgan fingerprint density at radius 1 is 1.10 bits per heavy atom. The van der Waals surface area contributed by atoms with Crippen LogP contribution in [0.3, 0.4) is 0 Å². The van der Waals surface area contributed by atoms with Gasteiger partial charge in [-0.1, -0.05) is 46.2 Å². The highest BCUT2D eigenvalue weighted by atomic mass is 127. The lowest BCUT2D eigenvalue weighted by atomic mass is 9.94. The Balaban J connectivity index is 0.00000450. The third-order valence-corrected chi connectivity index (χ3v) is 4.42. The Labute approximate surface area is 196 Å². The van der Waals surface area contributed by atoms with Gasteiger partial charge in [-0.25, -0.2) is 4.98 Å². The Hall–Kier alpha value is -2.10. The number of oxazole rings is 1. The zero-order valence-corrected chi connectivity index (χ0v) is 20.9. The van der Waals surface area contributed by atoms with Crippen LogP contribution in [0.2, 0.25) is 0 Å². The van der Waals surface area contributed by atoms with Crippen LogP contribution in [-0.2, 0) is 18.5 Å². The highest BCUT2D eigenvalue weighted by Gasteiger charge is 2.19. The topological polar surface area (TPSA) is 91.5 Å². The fourth-order valence-corrected chi connectivity index (χ4v) is 2.56. The van der Waals surface area contributed by atoms with Gasteiger partial charge in [-0.2, -0.15) is 0 Å². The standard InChI is InChI=1S/C22H33N5O2.HI/c1-6-7-12-24-20(28)17-10-8-16(9-11-17)13-26-21(23-5)27-15-19-25-14-18(29-19)22(2,3)4;/h8-11,14H,6-7,12-13,15H2,1-5H3,(H,24,28)(H2,23,26,27);1H. The summed E-state index contributed by atoms with van der Waals surface area (Å²) in [6, 6.07) is 7.57. The third kappa shape index (κ3) is 8.33. The quantitative estimate of drug-likeness (QED) is 0.209. The van der Waals surface area contributed by atoms with Gasteiger partial charge in [0.05, 0.1) is 12.7 Å². The fourth-order valence-electron chi connectivity index (χ4n) is 2.56. The van der Waals surface area contributed by atoms with Gasteiger partial charge in [-0.15, -0.1) is 24.0 Å². The number of rotatable bonds is 8. The number of aromatic nitrogens is 1. The molecule has 0 unspecified atom stereocenters. The van der Waals surface area contributed by atoms with Crippen LogP contribution in [0.15, 0.2) is 39.9 Å². The number of unbranched alkanes of at least 4 members (excludes halogenated alkanes) is 1. The van der Waals surface area contributed by atoms with E-state index in [1.54, 1.807) is 13.2 Å². The second-order valence-electron chi connectivity index (χ2n) is 7.95. The van der Waals surface area contributed by atoms with Crippen LogP contribution in [0, 0.1) is 0 Å². The molecule has 0 aliphatic rings. The van der Waals surface area contributed by atoms with E-state index in [2.05, 4.69) is 53.6 Å². The largest absolute Gasteiger partial charge is 0.443 e. The fraction of sp³-hybridized carbons (Fsp3) is 0.500. The number of benzene rings is 1. The number of carbonyl (C=O) groups excluding carboxylic acids is 1. The molecule has 1 aromatic carbocycles. The minimum atomic E-state index is -0.0652. The first-order valence-electron chi connectivity index (χ1n) is 10.1. The van der Waals surface area contributed by atoms with Crippen LogP contribution in [0.4, 0.5) is 0 Å². The molecule has 1 amide bonds. The molecule has 8 heteroatoms.